The van der Waals surface area contributed by atoms with Crippen molar-refractivity contribution in [2.45, 2.75) is 0 Å². The van der Waals surface area contributed by atoms with Crippen LogP contribution in [0.5, 0.6) is 0 Å². The van der Waals surface area contributed by atoms with Crippen LogP contribution in [-0.4, -0.2) is 14.1 Å². The van der Waals surface area contributed by atoms with Crippen LogP contribution in [0.15, 0.2) is 243 Å². The minimum absolute atomic E-state index is 0.975. The SMILES string of the molecule is c1ccc(N(c2ccc(-c3ccc4c(c3)c3ccccc3n4-c3ccccc3)cc2)c2ccc(-c3nc4ccccc4c4c3ccc3c4c4ccccc4n3-c3ccccc3)cc2)cc1. The first kappa shape index (κ1) is 36.9. The summed E-state index contributed by atoms with van der Waals surface area (Å²) >= 11 is 0. The molecule has 0 N–H and O–H groups in total. The zero-order valence-corrected chi connectivity index (χ0v) is 35.4. The van der Waals surface area contributed by atoms with E-state index in [0.29, 0.717) is 0 Å². The van der Waals surface area contributed by atoms with Gasteiger partial charge in [0.2, 0.25) is 0 Å². The van der Waals surface area contributed by atoms with Gasteiger partial charge in [0.25, 0.3) is 0 Å². The van der Waals surface area contributed by atoms with Crippen LogP contribution in [0, 0.1) is 0 Å². The number of nitrogens with zero attached hydrogens (tertiary/aromatic N) is 4. The number of hydrogen-bond donors (Lipinski definition) is 0. The van der Waals surface area contributed by atoms with Gasteiger partial charge < -0.3 is 14.0 Å². The van der Waals surface area contributed by atoms with Crippen LogP contribution in [0.2, 0.25) is 0 Å². The molecule has 0 saturated heterocycles. The molecule has 65 heavy (non-hydrogen) atoms. The Morgan fingerprint density at radius 1 is 0.292 bits per heavy atom. The topological polar surface area (TPSA) is 26.0 Å². The van der Waals surface area contributed by atoms with E-state index in [-0.39, 0.29) is 0 Å². The van der Waals surface area contributed by atoms with Crippen molar-refractivity contribution in [3.8, 4) is 33.8 Å². The Labute approximate surface area is 376 Å². The molecule has 10 aromatic carbocycles. The van der Waals surface area contributed by atoms with Gasteiger partial charge in [0.05, 0.1) is 33.3 Å². The molecule has 0 atom stereocenters. The zero-order chi connectivity index (χ0) is 42.8. The molecule has 3 heterocycles. The second-order valence-electron chi connectivity index (χ2n) is 16.7. The van der Waals surface area contributed by atoms with E-state index >= 15 is 0 Å². The molecule has 0 spiro atoms. The lowest BCUT2D eigenvalue weighted by molar-refractivity contribution is 1.18. The summed E-state index contributed by atoms with van der Waals surface area (Å²) in [5, 5.41) is 8.49. The van der Waals surface area contributed by atoms with Crippen LogP contribution in [-0.2, 0) is 0 Å². The molecule has 4 nitrogen and oxygen atoms in total. The molecule has 0 aliphatic carbocycles. The molecule has 4 heteroatoms. The van der Waals surface area contributed by atoms with Gasteiger partial charge in [-0.3, -0.25) is 0 Å². The Kier molecular flexibility index (Phi) is 8.50. The van der Waals surface area contributed by atoms with Gasteiger partial charge in [-0.25, -0.2) is 4.98 Å². The first-order valence-electron chi connectivity index (χ1n) is 22.2. The predicted molar refractivity (Wildman–Crippen MR) is 273 cm³/mol. The largest absolute Gasteiger partial charge is 0.311 e. The van der Waals surface area contributed by atoms with Crippen LogP contribution < -0.4 is 4.90 Å². The van der Waals surface area contributed by atoms with Gasteiger partial charge in [-0.15, -0.1) is 0 Å². The maximum Gasteiger partial charge on any atom is 0.0788 e. The standard InChI is InChI=1S/C61H40N4/c1-4-16-44(17-5-1)63(47-33-28-41(29-34-47)43-32-38-57-53(40-43)49-22-11-14-26-55(49)64(57)45-18-6-2-7-19-45)48-35-30-42(31-36-48)61-52-37-39-58-60(59(52)50-23-10-13-25-54(50)62-61)51-24-12-15-27-56(51)65(58)46-20-8-3-9-21-46/h1-40H. The third kappa shape index (κ3) is 5.96. The van der Waals surface area contributed by atoms with E-state index < -0.39 is 0 Å². The van der Waals surface area contributed by atoms with Crippen molar-refractivity contribution < 1.29 is 0 Å². The molecule has 0 aliphatic rings. The van der Waals surface area contributed by atoms with E-state index in [9.17, 15) is 0 Å². The molecular weight excluding hydrogens is 789 g/mol. The second-order valence-corrected chi connectivity index (χ2v) is 16.7. The quantitative estimate of drug-likeness (QED) is 0.150. The minimum Gasteiger partial charge on any atom is -0.311 e. The highest BCUT2D eigenvalue weighted by molar-refractivity contribution is 6.29. The molecule has 0 radical (unpaired) electrons. The van der Waals surface area contributed by atoms with Gasteiger partial charge in [-0.1, -0.05) is 146 Å². The Morgan fingerprint density at radius 3 is 1.45 bits per heavy atom. The number of benzene rings is 10. The van der Waals surface area contributed by atoms with Crippen molar-refractivity contribution in [2.24, 2.45) is 0 Å². The molecule has 0 saturated carbocycles. The van der Waals surface area contributed by atoms with E-state index in [1.54, 1.807) is 0 Å². The number of anilines is 3. The van der Waals surface area contributed by atoms with Crippen LogP contribution >= 0.6 is 0 Å². The molecule has 13 aromatic rings. The number of para-hydroxylation sites is 6. The van der Waals surface area contributed by atoms with Gasteiger partial charge in [-0.2, -0.15) is 0 Å². The highest BCUT2D eigenvalue weighted by Crippen LogP contribution is 2.44. The van der Waals surface area contributed by atoms with E-state index in [1.165, 1.54) is 60.1 Å². The predicted octanol–water partition coefficient (Wildman–Crippen LogP) is 16.4. The number of hydrogen-bond acceptors (Lipinski definition) is 2. The number of pyridine rings is 1. The Hall–Kier alpha value is -8.73. The number of rotatable bonds is 7. The normalized spacial score (nSPS) is 11.7. The van der Waals surface area contributed by atoms with Crippen molar-refractivity contribution in [2.75, 3.05) is 4.90 Å². The summed E-state index contributed by atoms with van der Waals surface area (Å²) in [5.74, 6) is 0. The highest BCUT2D eigenvalue weighted by atomic mass is 15.1. The van der Waals surface area contributed by atoms with Gasteiger partial charge in [-0.05, 0) is 108 Å². The first-order valence-corrected chi connectivity index (χ1v) is 22.2. The van der Waals surface area contributed by atoms with Crippen molar-refractivity contribution >= 4 is 82.3 Å². The fourth-order valence-electron chi connectivity index (χ4n) is 10.2. The van der Waals surface area contributed by atoms with Crippen molar-refractivity contribution in [3.05, 3.63) is 243 Å². The smallest absolute Gasteiger partial charge is 0.0788 e. The molecule has 0 amide bonds. The molecule has 304 valence electrons. The lowest BCUT2D eigenvalue weighted by Gasteiger charge is -2.26. The Balaban J connectivity index is 0.909. The molecular formula is C61H40N4. The summed E-state index contributed by atoms with van der Waals surface area (Å²) in [6.07, 6.45) is 0. The summed E-state index contributed by atoms with van der Waals surface area (Å²) < 4.78 is 4.76. The maximum absolute atomic E-state index is 5.39. The average molecular weight is 829 g/mol. The number of aromatic nitrogens is 3. The Morgan fingerprint density at radius 2 is 0.769 bits per heavy atom. The van der Waals surface area contributed by atoms with Crippen molar-refractivity contribution in [1.82, 2.24) is 14.1 Å². The Bertz CT molecular complexity index is 3910. The lowest BCUT2D eigenvalue weighted by Crippen LogP contribution is -2.09. The molecule has 0 bridgehead atoms. The van der Waals surface area contributed by atoms with E-state index in [1.807, 2.05) is 0 Å². The van der Waals surface area contributed by atoms with Crippen molar-refractivity contribution in [1.29, 1.82) is 0 Å². The summed E-state index contributed by atoms with van der Waals surface area (Å²) in [6, 6.07) is 87.3. The van der Waals surface area contributed by atoms with Gasteiger partial charge in [0, 0.05) is 71.7 Å². The van der Waals surface area contributed by atoms with Gasteiger partial charge in [0.15, 0.2) is 0 Å². The lowest BCUT2D eigenvalue weighted by atomic mass is 9.96. The average Bonchev–Trinajstić information content (AvgIpc) is 3.90. The number of fused-ring (bicyclic) bond motifs is 10. The van der Waals surface area contributed by atoms with E-state index in [4.69, 9.17) is 4.98 Å². The monoisotopic (exact) mass is 828 g/mol. The highest BCUT2D eigenvalue weighted by Gasteiger charge is 2.21. The molecule has 13 rings (SSSR count). The third-order valence-corrected chi connectivity index (χ3v) is 13.1. The van der Waals surface area contributed by atoms with E-state index in [0.717, 1.165) is 56.0 Å². The molecule has 0 fully saturated rings. The van der Waals surface area contributed by atoms with Gasteiger partial charge >= 0.3 is 0 Å². The van der Waals surface area contributed by atoms with Gasteiger partial charge in [0.1, 0.15) is 0 Å². The fourth-order valence-corrected chi connectivity index (χ4v) is 10.2. The summed E-state index contributed by atoms with van der Waals surface area (Å²) in [4.78, 5) is 7.72. The summed E-state index contributed by atoms with van der Waals surface area (Å²) in [7, 11) is 0. The third-order valence-electron chi connectivity index (χ3n) is 13.1. The molecule has 3 aromatic heterocycles. The maximum atomic E-state index is 5.39. The first-order chi connectivity index (χ1) is 32.3. The summed E-state index contributed by atoms with van der Waals surface area (Å²) in [5.41, 5.74) is 15.7. The van der Waals surface area contributed by atoms with Crippen LogP contribution in [0.4, 0.5) is 17.1 Å². The molecule has 0 aliphatic heterocycles. The van der Waals surface area contributed by atoms with Crippen molar-refractivity contribution in [3.63, 3.8) is 0 Å². The van der Waals surface area contributed by atoms with Crippen LogP contribution in [0.25, 0.3) is 99.0 Å². The fraction of sp³-hybridized carbons (Fsp3) is 0. The van der Waals surface area contributed by atoms with Crippen LogP contribution in [0.3, 0.4) is 0 Å². The zero-order valence-electron chi connectivity index (χ0n) is 35.4. The summed E-state index contributed by atoms with van der Waals surface area (Å²) in [6.45, 7) is 0. The second kappa shape index (κ2) is 15.0. The molecule has 0 unspecified atom stereocenters. The van der Waals surface area contributed by atoms with E-state index in [2.05, 4.69) is 257 Å². The minimum atomic E-state index is 0.975. The van der Waals surface area contributed by atoms with Crippen LogP contribution in [0.1, 0.15) is 0 Å².